The fourth-order valence-corrected chi connectivity index (χ4v) is 4.55. The molecule has 0 aliphatic carbocycles. The molecule has 1 unspecified atom stereocenters. The summed E-state index contributed by atoms with van der Waals surface area (Å²) in [7, 11) is 3.20. The molecule has 1 heterocycles. The zero-order valence-corrected chi connectivity index (χ0v) is 15.9. The summed E-state index contributed by atoms with van der Waals surface area (Å²) in [6, 6.07) is 5.96. The second-order valence-corrected chi connectivity index (χ2v) is 7.87. The molecule has 1 aromatic heterocycles. The van der Waals surface area contributed by atoms with Crippen LogP contribution >= 0.6 is 54.8 Å². The van der Waals surface area contributed by atoms with E-state index in [2.05, 4.69) is 44.8 Å². The lowest BCUT2D eigenvalue weighted by Gasteiger charge is -2.16. The van der Waals surface area contributed by atoms with E-state index in [0.717, 1.165) is 9.35 Å². The van der Waals surface area contributed by atoms with E-state index < -0.39 is 0 Å². The average Bonchev–Trinajstić information content (AvgIpc) is 2.77. The number of aryl methyl sites for hydroxylation is 1. The van der Waals surface area contributed by atoms with Gasteiger partial charge in [-0.05, 0) is 40.5 Å². The molecular weight excluding hydrogens is 427 g/mol. The van der Waals surface area contributed by atoms with Crippen LogP contribution in [0.5, 0.6) is 11.5 Å². The van der Waals surface area contributed by atoms with Crippen LogP contribution in [0.15, 0.2) is 22.0 Å². The molecule has 2 aromatic rings. The number of benzene rings is 1. The first-order chi connectivity index (χ1) is 9.49. The van der Waals surface area contributed by atoms with Crippen LogP contribution in [-0.4, -0.2) is 14.2 Å². The zero-order valence-electron chi connectivity index (χ0n) is 11.2. The minimum absolute atomic E-state index is 0.0239. The van der Waals surface area contributed by atoms with Gasteiger partial charge in [0, 0.05) is 10.4 Å². The Morgan fingerprint density at radius 1 is 1.25 bits per heavy atom. The first-order valence-electron chi connectivity index (χ1n) is 5.79. The molecule has 1 aromatic carbocycles. The molecule has 0 bridgehead atoms. The first kappa shape index (κ1) is 16.1. The van der Waals surface area contributed by atoms with Gasteiger partial charge in [-0.1, -0.05) is 33.6 Å². The van der Waals surface area contributed by atoms with Crippen molar-refractivity contribution in [2.45, 2.75) is 11.8 Å². The predicted molar refractivity (Wildman–Crippen MR) is 92.1 cm³/mol. The van der Waals surface area contributed by atoms with Crippen molar-refractivity contribution in [3.63, 3.8) is 0 Å². The smallest absolute Gasteiger partial charge is 0.145 e. The lowest BCUT2D eigenvalue weighted by Crippen LogP contribution is -1.98. The van der Waals surface area contributed by atoms with Gasteiger partial charge >= 0.3 is 0 Å². The SMILES string of the molecule is COc1ccc(C(Br)c2cc(C)c(Br)s2)c(OC)c1Cl. The Balaban J connectivity index is 2.49. The molecule has 2 rings (SSSR count). The fraction of sp³-hybridized carbons (Fsp3) is 0.286. The predicted octanol–water partition coefficient (Wildman–Crippen LogP) is 5.97. The lowest BCUT2D eigenvalue weighted by molar-refractivity contribution is 0.392. The van der Waals surface area contributed by atoms with Crippen LogP contribution in [0.2, 0.25) is 5.02 Å². The van der Waals surface area contributed by atoms with Crippen LogP contribution in [0, 0.1) is 6.92 Å². The van der Waals surface area contributed by atoms with Gasteiger partial charge in [0.25, 0.3) is 0 Å². The second-order valence-electron chi connectivity index (χ2n) is 4.17. The normalized spacial score (nSPS) is 12.3. The van der Waals surface area contributed by atoms with E-state index in [0.29, 0.717) is 16.5 Å². The number of ether oxygens (including phenoxy) is 2. The van der Waals surface area contributed by atoms with Crippen LogP contribution in [0.1, 0.15) is 20.8 Å². The molecule has 0 spiro atoms. The largest absolute Gasteiger partial charge is 0.495 e. The molecule has 0 aliphatic heterocycles. The van der Waals surface area contributed by atoms with Crippen molar-refractivity contribution in [3.05, 3.63) is 43.0 Å². The topological polar surface area (TPSA) is 18.5 Å². The summed E-state index contributed by atoms with van der Waals surface area (Å²) >= 11 is 15.3. The van der Waals surface area contributed by atoms with Gasteiger partial charge in [-0.15, -0.1) is 11.3 Å². The molecule has 0 N–H and O–H groups in total. The van der Waals surface area contributed by atoms with Crippen LogP contribution in [-0.2, 0) is 0 Å². The van der Waals surface area contributed by atoms with Crippen LogP contribution in [0.3, 0.4) is 0 Å². The minimum atomic E-state index is 0.0239. The molecule has 108 valence electrons. The van der Waals surface area contributed by atoms with Gasteiger partial charge in [0.05, 0.1) is 22.8 Å². The molecule has 20 heavy (non-hydrogen) atoms. The molecule has 1 atom stereocenters. The third-order valence-electron chi connectivity index (χ3n) is 2.92. The van der Waals surface area contributed by atoms with Crippen LogP contribution < -0.4 is 9.47 Å². The molecule has 0 aliphatic rings. The summed E-state index contributed by atoms with van der Waals surface area (Å²) in [4.78, 5) is 1.21. The summed E-state index contributed by atoms with van der Waals surface area (Å²) in [6.07, 6.45) is 0. The van der Waals surface area contributed by atoms with Crippen molar-refractivity contribution in [3.8, 4) is 11.5 Å². The average molecular weight is 441 g/mol. The fourth-order valence-electron chi connectivity index (χ4n) is 1.88. The maximum absolute atomic E-state index is 6.31. The number of rotatable bonds is 4. The van der Waals surface area contributed by atoms with Gasteiger partial charge in [0.15, 0.2) is 0 Å². The first-order valence-corrected chi connectivity index (χ1v) is 8.70. The van der Waals surface area contributed by atoms with Gasteiger partial charge < -0.3 is 9.47 Å². The summed E-state index contributed by atoms with van der Waals surface area (Å²) in [5.41, 5.74) is 2.19. The van der Waals surface area contributed by atoms with E-state index in [-0.39, 0.29) is 4.83 Å². The standard InChI is InChI=1S/C14H13Br2ClO2S/c1-7-6-10(20-14(7)16)11(15)8-4-5-9(18-2)12(17)13(8)19-3/h4-6,11H,1-3H3. The van der Waals surface area contributed by atoms with Gasteiger partial charge in [-0.3, -0.25) is 0 Å². The van der Waals surface area contributed by atoms with Crippen LogP contribution in [0.4, 0.5) is 0 Å². The molecule has 0 saturated carbocycles. The van der Waals surface area contributed by atoms with E-state index >= 15 is 0 Å². The molecule has 0 fully saturated rings. The highest BCUT2D eigenvalue weighted by atomic mass is 79.9. The molecule has 6 heteroatoms. The van der Waals surface area contributed by atoms with Crippen molar-refractivity contribution in [2.24, 2.45) is 0 Å². The van der Waals surface area contributed by atoms with E-state index in [1.54, 1.807) is 25.6 Å². The number of thiophene rings is 1. The Bertz CT molecular complexity index is 608. The summed E-state index contributed by atoms with van der Waals surface area (Å²) in [5.74, 6) is 1.24. The number of halogens is 3. The van der Waals surface area contributed by atoms with E-state index in [1.807, 2.05) is 12.1 Å². The highest BCUT2D eigenvalue weighted by Gasteiger charge is 2.22. The Hall–Kier alpha value is -0.230. The van der Waals surface area contributed by atoms with Gasteiger partial charge in [-0.2, -0.15) is 0 Å². The number of alkyl halides is 1. The lowest BCUT2D eigenvalue weighted by atomic mass is 10.1. The van der Waals surface area contributed by atoms with E-state index in [1.165, 1.54) is 10.4 Å². The Morgan fingerprint density at radius 2 is 1.95 bits per heavy atom. The monoisotopic (exact) mass is 438 g/mol. The zero-order chi connectivity index (χ0) is 14.9. The van der Waals surface area contributed by atoms with Crippen molar-refractivity contribution >= 4 is 54.8 Å². The summed E-state index contributed by atoms with van der Waals surface area (Å²) < 4.78 is 11.8. The number of methoxy groups -OCH3 is 2. The molecule has 0 radical (unpaired) electrons. The van der Waals surface area contributed by atoms with Crippen LogP contribution in [0.25, 0.3) is 0 Å². The quantitative estimate of drug-likeness (QED) is 0.545. The van der Waals surface area contributed by atoms with Crippen molar-refractivity contribution in [2.75, 3.05) is 14.2 Å². The minimum Gasteiger partial charge on any atom is -0.495 e. The van der Waals surface area contributed by atoms with E-state index in [9.17, 15) is 0 Å². The maximum Gasteiger partial charge on any atom is 0.145 e. The third-order valence-corrected chi connectivity index (χ3v) is 6.76. The Morgan fingerprint density at radius 3 is 2.45 bits per heavy atom. The van der Waals surface area contributed by atoms with Gasteiger partial charge in [0.2, 0.25) is 0 Å². The van der Waals surface area contributed by atoms with Crippen molar-refractivity contribution in [1.29, 1.82) is 0 Å². The van der Waals surface area contributed by atoms with E-state index in [4.69, 9.17) is 21.1 Å². The molecule has 2 nitrogen and oxygen atoms in total. The molecule has 0 amide bonds. The molecule has 0 saturated heterocycles. The highest BCUT2D eigenvalue weighted by Crippen LogP contribution is 2.46. The summed E-state index contributed by atoms with van der Waals surface area (Å²) in [5, 5.41) is 0.490. The van der Waals surface area contributed by atoms with Crippen molar-refractivity contribution < 1.29 is 9.47 Å². The van der Waals surface area contributed by atoms with Gasteiger partial charge in [-0.25, -0.2) is 0 Å². The third kappa shape index (κ3) is 3.01. The summed E-state index contributed by atoms with van der Waals surface area (Å²) in [6.45, 7) is 2.07. The van der Waals surface area contributed by atoms with Crippen molar-refractivity contribution in [1.82, 2.24) is 0 Å². The number of hydrogen-bond acceptors (Lipinski definition) is 3. The number of hydrogen-bond donors (Lipinski definition) is 0. The highest BCUT2D eigenvalue weighted by molar-refractivity contribution is 9.11. The Labute approximate surface area is 144 Å². The maximum atomic E-state index is 6.31. The Kier molecular flexibility index (Phi) is 5.40. The second kappa shape index (κ2) is 6.69. The van der Waals surface area contributed by atoms with Gasteiger partial charge in [0.1, 0.15) is 16.5 Å². The molecular formula is C14H13Br2ClO2S.